The first-order valence-electron chi connectivity index (χ1n) is 11.6. The van der Waals surface area contributed by atoms with Crippen LogP contribution in [0.25, 0.3) is 0 Å². The third-order valence-electron chi connectivity index (χ3n) is 6.32. The number of nitrogens with one attached hydrogen (secondary N) is 1. The molecule has 10 heteroatoms. The van der Waals surface area contributed by atoms with Gasteiger partial charge < -0.3 is 14.7 Å². The van der Waals surface area contributed by atoms with Gasteiger partial charge in [-0.15, -0.1) is 0 Å². The van der Waals surface area contributed by atoms with Gasteiger partial charge in [-0.2, -0.15) is 0 Å². The van der Waals surface area contributed by atoms with Gasteiger partial charge in [-0.25, -0.2) is 18.2 Å². The van der Waals surface area contributed by atoms with Gasteiger partial charge in [-0.05, 0) is 74.8 Å². The third-order valence-corrected chi connectivity index (χ3v) is 7.70. The number of benzene rings is 1. The quantitative estimate of drug-likeness (QED) is 0.570. The molecule has 0 unspecified atom stereocenters. The molecule has 0 spiro atoms. The molecule has 1 saturated heterocycles. The molecular formula is C24H29N3O6S. The minimum absolute atomic E-state index is 0.0674. The van der Waals surface area contributed by atoms with Crippen molar-refractivity contribution in [3.8, 4) is 0 Å². The normalized spacial score (nSPS) is 18.1. The summed E-state index contributed by atoms with van der Waals surface area (Å²) in [6.45, 7) is 2.87. The van der Waals surface area contributed by atoms with Gasteiger partial charge in [-0.3, -0.25) is 9.52 Å². The number of fused-ring (bicyclic) bond motifs is 1. The van der Waals surface area contributed by atoms with E-state index in [0.717, 1.165) is 31.2 Å². The van der Waals surface area contributed by atoms with Crippen molar-refractivity contribution in [1.29, 1.82) is 0 Å². The lowest BCUT2D eigenvalue weighted by Crippen LogP contribution is -2.40. The van der Waals surface area contributed by atoms with E-state index in [1.807, 2.05) is 6.07 Å². The zero-order valence-electron chi connectivity index (χ0n) is 19.1. The summed E-state index contributed by atoms with van der Waals surface area (Å²) in [6.07, 6.45) is 6.60. The fourth-order valence-corrected chi connectivity index (χ4v) is 5.72. The second kappa shape index (κ2) is 10.0. The monoisotopic (exact) mass is 487 g/mol. The number of anilines is 2. The van der Waals surface area contributed by atoms with Gasteiger partial charge >= 0.3 is 11.9 Å². The maximum atomic E-state index is 13.0. The first-order chi connectivity index (χ1) is 16.3. The van der Waals surface area contributed by atoms with E-state index in [0.29, 0.717) is 25.9 Å². The molecule has 0 radical (unpaired) electrons. The topological polar surface area (TPSA) is 126 Å². The number of aromatic nitrogens is 1. The molecule has 1 aliphatic carbocycles. The number of aryl methyl sites for hydroxylation is 2. The Morgan fingerprint density at radius 3 is 2.68 bits per heavy atom. The number of sulfonamides is 1. The standard InChI is InChI=1S/C24H29N3O6S/c1-2-33-24(30)18-8-5-11-27(15-18)22-21(23(28)29)13-19(14-25-22)26-34(31,32)20-10-9-16-6-3-4-7-17(16)12-20/h9-10,12-14,18,26H,2-8,11,15H2,1H3,(H,28,29)/t18-/m1/s1. The Hall–Kier alpha value is -3.14. The number of piperidine rings is 1. The van der Waals surface area contributed by atoms with E-state index >= 15 is 0 Å². The molecule has 2 aliphatic rings. The molecule has 1 aliphatic heterocycles. The van der Waals surface area contributed by atoms with Crippen molar-refractivity contribution in [3.05, 3.63) is 47.2 Å². The van der Waals surface area contributed by atoms with Gasteiger partial charge in [0.25, 0.3) is 10.0 Å². The van der Waals surface area contributed by atoms with E-state index in [1.54, 1.807) is 24.0 Å². The highest BCUT2D eigenvalue weighted by molar-refractivity contribution is 7.92. The van der Waals surface area contributed by atoms with Crippen molar-refractivity contribution in [1.82, 2.24) is 4.98 Å². The lowest BCUT2D eigenvalue weighted by Gasteiger charge is -2.33. The van der Waals surface area contributed by atoms with E-state index in [9.17, 15) is 23.1 Å². The predicted octanol–water partition coefficient (Wildman–Crippen LogP) is 3.24. The van der Waals surface area contributed by atoms with Gasteiger partial charge in [-0.1, -0.05) is 6.07 Å². The Morgan fingerprint density at radius 1 is 1.18 bits per heavy atom. The minimum atomic E-state index is -3.91. The number of pyridine rings is 1. The molecule has 1 aromatic heterocycles. The van der Waals surface area contributed by atoms with Crippen LogP contribution in [-0.2, 0) is 32.4 Å². The number of ether oxygens (including phenoxy) is 1. The molecule has 0 amide bonds. The zero-order chi connectivity index (χ0) is 24.3. The molecule has 2 aromatic rings. The molecule has 2 heterocycles. The fraction of sp³-hybridized carbons (Fsp3) is 0.458. The summed E-state index contributed by atoms with van der Waals surface area (Å²) >= 11 is 0. The first kappa shape index (κ1) is 24.0. The summed E-state index contributed by atoms with van der Waals surface area (Å²) < 4.78 is 33.6. The highest BCUT2D eigenvalue weighted by Crippen LogP contribution is 2.29. The van der Waals surface area contributed by atoms with E-state index in [-0.39, 0.29) is 40.5 Å². The van der Waals surface area contributed by atoms with Crippen molar-refractivity contribution >= 4 is 33.5 Å². The molecule has 2 N–H and O–H groups in total. The molecular weight excluding hydrogens is 458 g/mol. The average molecular weight is 488 g/mol. The first-order valence-corrected chi connectivity index (χ1v) is 13.1. The van der Waals surface area contributed by atoms with Crippen LogP contribution in [0.4, 0.5) is 11.5 Å². The minimum Gasteiger partial charge on any atom is -0.478 e. The largest absolute Gasteiger partial charge is 0.478 e. The number of carboxylic acids is 1. The summed E-state index contributed by atoms with van der Waals surface area (Å²) in [4.78, 5) is 30.3. The van der Waals surface area contributed by atoms with Crippen LogP contribution in [0.1, 0.15) is 54.1 Å². The second-order valence-corrected chi connectivity index (χ2v) is 10.4. The highest BCUT2D eigenvalue weighted by Gasteiger charge is 2.30. The van der Waals surface area contributed by atoms with Crippen molar-refractivity contribution in [2.75, 3.05) is 29.3 Å². The average Bonchev–Trinajstić information content (AvgIpc) is 2.83. The summed E-state index contributed by atoms with van der Waals surface area (Å²) in [5.41, 5.74) is 2.15. The van der Waals surface area contributed by atoms with Crippen LogP contribution in [0, 0.1) is 5.92 Å². The molecule has 9 nitrogen and oxygen atoms in total. The number of esters is 1. The number of hydrogen-bond donors (Lipinski definition) is 2. The molecule has 0 saturated carbocycles. The molecule has 182 valence electrons. The van der Waals surface area contributed by atoms with Crippen LogP contribution in [0.2, 0.25) is 0 Å². The number of hydrogen-bond acceptors (Lipinski definition) is 7. The molecule has 0 bridgehead atoms. The predicted molar refractivity (Wildman–Crippen MR) is 127 cm³/mol. The molecule has 1 atom stereocenters. The number of aromatic carboxylic acids is 1. The SMILES string of the molecule is CCOC(=O)[C@@H]1CCCN(c2ncc(NS(=O)(=O)c3ccc4c(c3)CCCC4)cc2C(=O)O)C1. The Balaban J connectivity index is 1.57. The van der Waals surface area contributed by atoms with Crippen LogP contribution >= 0.6 is 0 Å². The molecule has 1 fully saturated rings. The number of carbonyl (C=O) groups excluding carboxylic acids is 1. The second-order valence-electron chi connectivity index (χ2n) is 8.68. The summed E-state index contributed by atoms with van der Waals surface area (Å²) in [7, 11) is -3.91. The van der Waals surface area contributed by atoms with Gasteiger partial charge in [0.15, 0.2) is 0 Å². The zero-order valence-corrected chi connectivity index (χ0v) is 19.9. The fourth-order valence-electron chi connectivity index (χ4n) is 4.64. The van der Waals surface area contributed by atoms with Crippen LogP contribution in [0.15, 0.2) is 35.4 Å². The molecule has 4 rings (SSSR count). The Bertz CT molecular complexity index is 1200. The molecule has 1 aromatic carbocycles. The number of carboxylic acid groups (broad SMARTS) is 1. The third kappa shape index (κ3) is 5.16. The highest BCUT2D eigenvalue weighted by atomic mass is 32.2. The molecule has 34 heavy (non-hydrogen) atoms. The van der Waals surface area contributed by atoms with Gasteiger partial charge in [0.1, 0.15) is 11.4 Å². The summed E-state index contributed by atoms with van der Waals surface area (Å²) in [5.74, 6) is -1.69. The number of rotatable bonds is 7. The lowest BCUT2D eigenvalue weighted by molar-refractivity contribution is -0.148. The van der Waals surface area contributed by atoms with Crippen molar-refractivity contribution < 1.29 is 27.9 Å². The van der Waals surface area contributed by atoms with Gasteiger partial charge in [0.05, 0.1) is 29.3 Å². The van der Waals surface area contributed by atoms with Crippen LogP contribution < -0.4 is 9.62 Å². The van der Waals surface area contributed by atoms with Crippen LogP contribution in [0.5, 0.6) is 0 Å². The number of nitrogens with zero attached hydrogens (tertiary/aromatic N) is 2. The van der Waals surface area contributed by atoms with E-state index < -0.39 is 16.0 Å². The Labute approximate surface area is 199 Å². The number of carbonyl (C=O) groups is 2. The summed E-state index contributed by atoms with van der Waals surface area (Å²) in [6, 6.07) is 6.40. The van der Waals surface area contributed by atoms with E-state index in [4.69, 9.17) is 4.74 Å². The van der Waals surface area contributed by atoms with E-state index in [1.165, 1.54) is 17.8 Å². The summed E-state index contributed by atoms with van der Waals surface area (Å²) in [5, 5.41) is 9.79. The maximum absolute atomic E-state index is 13.0. The van der Waals surface area contributed by atoms with Crippen molar-refractivity contribution in [2.45, 2.75) is 50.3 Å². The lowest BCUT2D eigenvalue weighted by atomic mass is 9.92. The van der Waals surface area contributed by atoms with Crippen LogP contribution in [0.3, 0.4) is 0 Å². The van der Waals surface area contributed by atoms with E-state index in [2.05, 4.69) is 9.71 Å². The Kier molecular flexibility index (Phi) is 7.06. The maximum Gasteiger partial charge on any atom is 0.339 e. The smallest absolute Gasteiger partial charge is 0.339 e. The van der Waals surface area contributed by atoms with Crippen molar-refractivity contribution in [2.24, 2.45) is 5.92 Å². The van der Waals surface area contributed by atoms with Gasteiger partial charge in [0, 0.05) is 13.1 Å². The Morgan fingerprint density at radius 2 is 1.94 bits per heavy atom. The van der Waals surface area contributed by atoms with Crippen LogP contribution in [-0.4, -0.2) is 50.1 Å². The van der Waals surface area contributed by atoms with Gasteiger partial charge in [0.2, 0.25) is 0 Å². The van der Waals surface area contributed by atoms with Crippen molar-refractivity contribution in [3.63, 3.8) is 0 Å².